The molecule has 0 aromatic carbocycles. The third-order valence-corrected chi connectivity index (χ3v) is 4.45. The Hall–Kier alpha value is -2.56. The fraction of sp³-hybridized carbons (Fsp3) is 0.467. The van der Waals surface area contributed by atoms with Crippen molar-refractivity contribution in [1.82, 2.24) is 0 Å². The molecule has 3 atom stereocenters. The number of nitrogens with zero attached hydrogens (tertiary/aromatic N) is 4. The molecule has 0 spiro atoms. The lowest BCUT2D eigenvalue weighted by atomic mass is 9.61. The van der Waals surface area contributed by atoms with Crippen LogP contribution in [0.3, 0.4) is 0 Å². The Morgan fingerprint density at radius 3 is 1.95 bits per heavy atom. The Morgan fingerprint density at radius 1 is 0.895 bits per heavy atom. The topological polar surface area (TPSA) is 95.2 Å². The van der Waals surface area contributed by atoms with E-state index in [9.17, 15) is 21.0 Å². The Bertz CT molecular complexity index is 586. The summed E-state index contributed by atoms with van der Waals surface area (Å²) in [4.78, 5) is 0. The predicted molar refractivity (Wildman–Crippen MR) is 66.4 cm³/mol. The molecular weight excluding hydrogens is 236 g/mol. The van der Waals surface area contributed by atoms with Crippen molar-refractivity contribution in [3.63, 3.8) is 0 Å². The maximum absolute atomic E-state index is 9.54. The van der Waals surface area contributed by atoms with Gasteiger partial charge in [-0.1, -0.05) is 31.2 Å². The van der Waals surface area contributed by atoms with Crippen LogP contribution in [0.25, 0.3) is 0 Å². The van der Waals surface area contributed by atoms with E-state index < -0.39 is 10.8 Å². The van der Waals surface area contributed by atoms with Crippen LogP contribution in [0.5, 0.6) is 0 Å². The van der Waals surface area contributed by atoms with Gasteiger partial charge in [0.15, 0.2) is 10.8 Å². The molecule has 0 radical (unpaired) electrons. The summed E-state index contributed by atoms with van der Waals surface area (Å²) in [6, 6.07) is 7.97. The summed E-state index contributed by atoms with van der Waals surface area (Å²) >= 11 is 0. The standard InChI is InChI=1S/C15H12N4/c1-11-4-2-3-5-12-6-13(11)15(9-18,10-19)14(12,7-16)8-17/h2-5,11-13H,6H2,1H3/t11-,12-,13+/m0/s1. The number of hydrogen-bond donors (Lipinski definition) is 0. The molecule has 0 heterocycles. The SMILES string of the molecule is C[C@H]1C=CC=C[C@H]2C[C@H]1C(C#N)(C#N)C2(C#N)C#N. The molecule has 4 nitrogen and oxygen atoms in total. The molecule has 1 saturated carbocycles. The van der Waals surface area contributed by atoms with E-state index in [2.05, 4.69) is 0 Å². The summed E-state index contributed by atoms with van der Waals surface area (Å²) in [5.74, 6) is -0.692. The minimum atomic E-state index is -1.59. The third-order valence-electron chi connectivity index (χ3n) is 4.45. The van der Waals surface area contributed by atoms with Gasteiger partial charge in [0.25, 0.3) is 0 Å². The molecule has 0 aliphatic heterocycles. The maximum Gasteiger partial charge on any atom is 0.181 e. The second-order valence-corrected chi connectivity index (χ2v) is 5.14. The van der Waals surface area contributed by atoms with Crippen molar-refractivity contribution in [2.45, 2.75) is 13.3 Å². The van der Waals surface area contributed by atoms with Crippen LogP contribution in [0, 0.1) is 73.9 Å². The van der Waals surface area contributed by atoms with Crippen molar-refractivity contribution >= 4 is 0 Å². The van der Waals surface area contributed by atoms with Gasteiger partial charge in [-0.2, -0.15) is 21.0 Å². The fourth-order valence-electron chi connectivity index (χ4n) is 3.35. The molecule has 0 amide bonds. The first kappa shape index (κ1) is 12.9. The van der Waals surface area contributed by atoms with E-state index in [0.717, 1.165) is 0 Å². The zero-order valence-corrected chi connectivity index (χ0v) is 10.5. The highest BCUT2D eigenvalue weighted by atomic mass is 14.7. The van der Waals surface area contributed by atoms with E-state index >= 15 is 0 Å². The van der Waals surface area contributed by atoms with E-state index in [-0.39, 0.29) is 17.8 Å². The molecule has 0 saturated heterocycles. The highest BCUT2D eigenvalue weighted by molar-refractivity contribution is 5.43. The molecule has 0 aromatic rings. The number of allylic oxidation sites excluding steroid dienone is 4. The van der Waals surface area contributed by atoms with E-state index in [1.807, 2.05) is 43.4 Å². The van der Waals surface area contributed by atoms with Gasteiger partial charge in [-0.05, 0) is 12.3 Å². The van der Waals surface area contributed by atoms with Crippen LogP contribution in [-0.4, -0.2) is 0 Å². The molecular formula is C15H12N4. The van der Waals surface area contributed by atoms with Gasteiger partial charge in [0.2, 0.25) is 0 Å². The Labute approximate surface area is 112 Å². The summed E-state index contributed by atoms with van der Waals surface area (Å²) in [5, 5.41) is 38.1. The zero-order valence-electron chi connectivity index (χ0n) is 10.5. The van der Waals surface area contributed by atoms with E-state index in [1.54, 1.807) is 12.2 Å². The average Bonchev–Trinajstić information content (AvgIpc) is 2.73. The molecule has 2 rings (SSSR count). The van der Waals surface area contributed by atoms with Crippen LogP contribution >= 0.6 is 0 Å². The average molecular weight is 248 g/mol. The van der Waals surface area contributed by atoms with Crippen LogP contribution in [0.15, 0.2) is 24.3 Å². The number of nitriles is 4. The van der Waals surface area contributed by atoms with Crippen LogP contribution in [0.4, 0.5) is 0 Å². The molecule has 19 heavy (non-hydrogen) atoms. The van der Waals surface area contributed by atoms with Crippen molar-refractivity contribution < 1.29 is 0 Å². The molecule has 0 unspecified atom stereocenters. The van der Waals surface area contributed by atoms with Gasteiger partial charge in [0, 0.05) is 11.8 Å². The normalized spacial score (nSPS) is 33.0. The van der Waals surface area contributed by atoms with Crippen LogP contribution in [-0.2, 0) is 0 Å². The quantitative estimate of drug-likeness (QED) is 0.657. The monoisotopic (exact) mass is 248 g/mol. The van der Waals surface area contributed by atoms with Crippen molar-refractivity contribution in [2.75, 3.05) is 0 Å². The summed E-state index contributed by atoms with van der Waals surface area (Å²) in [5.41, 5.74) is -3.16. The van der Waals surface area contributed by atoms with Crippen molar-refractivity contribution in [3.8, 4) is 24.3 Å². The smallest absolute Gasteiger partial charge is 0.181 e. The lowest BCUT2D eigenvalue weighted by Gasteiger charge is -2.31. The minimum absolute atomic E-state index is 0.0182. The Morgan fingerprint density at radius 2 is 1.42 bits per heavy atom. The second-order valence-electron chi connectivity index (χ2n) is 5.14. The van der Waals surface area contributed by atoms with Crippen molar-refractivity contribution in [3.05, 3.63) is 24.3 Å². The molecule has 92 valence electrons. The highest BCUT2D eigenvalue weighted by Crippen LogP contribution is 2.61. The minimum Gasteiger partial charge on any atom is -0.196 e. The summed E-state index contributed by atoms with van der Waals surface area (Å²) < 4.78 is 0. The molecule has 1 fully saturated rings. The molecule has 2 aliphatic carbocycles. The van der Waals surface area contributed by atoms with Gasteiger partial charge < -0.3 is 0 Å². The largest absolute Gasteiger partial charge is 0.196 e. The van der Waals surface area contributed by atoms with Crippen molar-refractivity contribution in [1.29, 1.82) is 21.0 Å². The molecule has 4 heteroatoms. The molecule has 0 aromatic heterocycles. The molecule has 0 N–H and O–H groups in total. The lowest BCUT2D eigenvalue weighted by Crippen LogP contribution is -2.41. The zero-order chi connectivity index (χ0) is 14.1. The van der Waals surface area contributed by atoms with E-state index in [1.165, 1.54) is 0 Å². The molecule has 2 bridgehead atoms. The van der Waals surface area contributed by atoms with Crippen LogP contribution in [0.1, 0.15) is 13.3 Å². The summed E-state index contributed by atoms with van der Waals surface area (Å²) in [7, 11) is 0. The number of hydrogen-bond acceptors (Lipinski definition) is 4. The van der Waals surface area contributed by atoms with Gasteiger partial charge in [0.05, 0.1) is 24.3 Å². The first-order chi connectivity index (χ1) is 9.11. The van der Waals surface area contributed by atoms with Crippen LogP contribution in [0.2, 0.25) is 0 Å². The second kappa shape index (κ2) is 4.28. The summed E-state index contributed by atoms with van der Waals surface area (Å²) in [6.45, 7) is 1.92. The van der Waals surface area contributed by atoms with E-state index in [0.29, 0.717) is 6.42 Å². The molecule has 2 aliphatic rings. The Kier molecular flexibility index (Phi) is 2.90. The first-order valence-corrected chi connectivity index (χ1v) is 6.12. The number of rotatable bonds is 0. The van der Waals surface area contributed by atoms with Gasteiger partial charge in [-0.3, -0.25) is 0 Å². The first-order valence-electron chi connectivity index (χ1n) is 6.12. The Balaban J connectivity index is 2.77. The van der Waals surface area contributed by atoms with E-state index in [4.69, 9.17) is 0 Å². The van der Waals surface area contributed by atoms with Gasteiger partial charge in [-0.15, -0.1) is 0 Å². The highest BCUT2D eigenvalue weighted by Gasteiger charge is 2.68. The summed E-state index contributed by atoms with van der Waals surface area (Å²) in [6.07, 6.45) is 7.87. The fourth-order valence-corrected chi connectivity index (χ4v) is 3.35. The van der Waals surface area contributed by atoms with Gasteiger partial charge in [-0.25, -0.2) is 0 Å². The lowest BCUT2D eigenvalue weighted by molar-refractivity contribution is 0.233. The number of fused-ring (bicyclic) bond motifs is 2. The third kappa shape index (κ3) is 1.35. The predicted octanol–water partition coefficient (Wildman–Crippen LogP) is 2.45. The van der Waals surface area contributed by atoms with Gasteiger partial charge >= 0.3 is 0 Å². The van der Waals surface area contributed by atoms with Gasteiger partial charge in [0.1, 0.15) is 0 Å². The maximum atomic E-state index is 9.54. The van der Waals surface area contributed by atoms with Crippen molar-refractivity contribution in [2.24, 2.45) is 28.6 Å². The van der Waals surface area contributed by atoms with Crippen LogP contribution < -0.4 is 0 Å².